The number of pyridine rings is 1. The Labute approximate surface area is 118 Å². The number of ether oxygens (including phenoxy) is 1. The van der Waals surface area contributed by atoms with Crippen LogP contribution in [0.5, 0.6) is 5.75 Å². The van der Waals surface area contributed by atoms with Crippen molar-refractivity contribution in [2.45, 2.75) is 19.2 Å². The van der Waals surface area contributed by atoms with Crippen molar-refractivity contribution in [3.8, 4) is 5.75 Å². The fourth-order valence-electron chi connectivity index (χ4n) is 1.70. The number of nitrogens with one attached hydrogen (secondary N) is 1. The zero-order valence-corrected chi connectivity index (χ0v) is 11.7. The van der Waals surface area contributed by atoms with Crippen LogP contribution in [0.2, 0.25) is 0 Å². The Kier molecular flexibility index (Phi) is 5.04. The van der Waals surface area contributed by atoms with Gasteiger partial charge in [-0.1, -0.05) is 25.1 Å². The summed E-state index contributed by atoms with van der Waals surface area (Å²) in [7, 11) is 0. The summed E-state index contributed by atoms with van der Waals surface area (Å²) in [5.41, 5.74) is 1.99. The number of para-hydroxylation sites is 1. The molecule has 1 aromatic heterocycles. The molecule has 0 atom stereocenters. The first-order chi connectivity index (χ1) is 9.35. The van der Waals surface area contributed by atoms with Crippen molar-refractivity contribution in [1.29, 1.82) is 0 Å². The standard InChI is InChI=1S/C15H17ClN2O/c1-2-10-19-14-8-5-9-17-15(14)18-13-7-4-3-6-12(13)11-16/h3-9H,2,10-11H2,1H3,(H,17,18). The highest BCUT2D eigenvalue weighted by Gasteiger charge is 2.07. The smallest absolute Gasteiger partial charge is 0.173 e. The number of benzene rings is 1. The Morgan fingerprint density at radius 2 is 2.05 bits per heavy atom. The third-order valence-electron chi connectivity index (χ3n) is 2.65. The molecular formula is C15H17ClN2O. The van der Waals surface area contributed by atoms with Gasteiger partial charge < -0.3 is 10.1 Å². The van der Waals surface area contributed by atoms with Gasteiger partial charge in [-0.15, -0.1) is 11.6 Å². The second-order valence-corrected chi connectivity index (χ2v) is 4.38. The van der Waals surface area contributed by atoms with E-state index in [0.29, 0.717) is 18.3 Å². The van der Waals surface area contributed by atoms with Crippen molar-refractivity contribution in [2.75, 3.05) is 11.9 Å². The highest BCUT2D eigenvalue weighted by Crippen LogP contribution is 2.27. The SMILES string of the molecule is CCCOc1cccnc1Nc1ccccc1CCl. The Morgan fingerprint density at radius 1 is 1.21 bits per heavy atom. The van der Waals surface area contributed by atoms with Crippen LogP contribution in [0.3, 0.4) is 0 Å². The van der Waals surface area contributed by atoms with Crippen LogP contribution >= 0.6 is 11.6 Å². The number of hydrogen-bond donors (Lipinski definition) is 1. The molecule has 0 amide bonds. The second-order valence-electron chi connectivity index (χ2n) is 4.11. The Morgan fingerprint density at radius 3 is 2.84 bits per heavy atom. The van der Waals surface area contributed by atoms with Crippen LogP contribution in [-0.4, -0.2) is 11.6 Å². The van der Waals surface area contributed by atoms with Crippen LogP contribution in [0.25, 0.3) is 0 Å². The molecule has 100 valence electrons. The molecule has 0 spiro atoms. The van der Waals surface area contributed by atoms with E-state index in [0.717, 1.165) is 23.4 Å². The van der Waals surface area contributed by atoms with Crippen molar-refractivity contribution in [3.63, 3.8) is 0 Å². The first-order valence-corrected chi connectivity index (χ1v) is 6.87. The van der Waals surface area contributed by atoms with E-state index in [9.17, 15) is 0 Å². The molecule has 19 heavy (non-hydrogen) atoms. The molecule has 1 aromatic carbocycles. The average molecular weight is 277 g/mol. The van der Waals surface area contributed by atoms with Gasteiger partial charge in [0.05, 0.1) is 6.61 Å². The summed E-state index contributed by atoms with van der Waals surface area (Å²) in [6, 6.07) is 11.7. The van der Waals surface area contributed by atoms with Gasteiger partial charge in [0.2, 0.25) is 0 Å². The van der Waals surface area contributed by atoms with Crippen LogP contribution < -0.4 is 10.1 Å². The predicted molar refractivity (Wildman–Crippen MR) is 79.3 cm³/mol. The van der Waals surface area contributed by atoms with Gasteiger partial charge in [-0.3, -0.25) is 0 Å². The van der Waals surface area contributed by atoms with E-state index in [1.165, 1.54) is 0 Å². The molecule has 2 rings (SSSR count). The lowest BCUT2D eigenvalue weighted by Crippen LogP contribution is -2.02. The van der Waals surface area contributed by atoms with E-state index >= 15 is 0 Å². The maximum absolute atomic E-state index is 5.93. The van der Waals surface area contributed by atoms with Crippen molar-refractivity contribution < 1.29 is 4.74 Å². The van der Waals surface area contributed by atoms with Gasteiger partial charge in [0, 0.05) is 17.8 Å². The molecule has 3 nitrogen and oxygen atoms in total. The lowest BCUT2D eigenvalue weighted by Gasteiger charge is -2.13. The molecule has 1 heterocycles. The van der Waals surface area contributed by atoms with Crippen LogP contribution in [0.15, 0.2) is 42.6 Å². The van der Waals surface area contributed by atoms with E-state index in [4.69, 9.17) is 16.3 Å². The molecule has 0 saturated heterocycles. The van der Waals surface area contributed by atoms with Gasteiger partial charge >= 0.3 is 0 Å². The first kappa shape index (κ1) is 13.7. The lowest BCUT2D eigenvalue weighted by molar-refractivity contribution is 0.318. The van der Waals surface area contributed by atoms with E-state index in [-0.39, 0.29) is 0 Å². The Balaban J connectivity index is 2.22. The van der Waals surface area contributed by atoms with E-state index in [1.807, 2.05) is 36.4 Å². The minimum absolute atomic E-state index is 0.459. The fraction of sp³-hybridized carbons (Fsp3) is 0.267. The molecule has 4 heteroatoms. The van der Waals surface area contributed by atoms with Crippen LogP contribution in [0.1, 0.15) is 18.9 Å². The molecule has 0 aliphatic heterocycles. The van der Waals surface area contributed by atoms with Crippen molar-refractivity contribution >= 4 is 23.1 Å². The van der Waals surface area contributed by atoms with E-state index < -0.39 is 0 Å². The van der Waals surface area contributed by atoms with Crippen LogP contribution in [-0.2, 0) is 5.88 Å². The van der Waals surface area contributed by atoms with Crippen molar-refractivity contribution in [1.82, 2.24) is 4.98 Å². The number of halogens is 1. The van der Waals surface area contributed by atoms with E-state index in [1.54, 1.807) is 6.20 Å². The minimum atomic E-state index is 0.459. The lowest BCUT2D eigenvalue weighted by atomic mass is 10.2. The minimum Gasteiger partial charge on any atom is -0.490 e. The number of hydrogen-bond acceptors (Lipinski definition) is 3. The molecule has 0 radical (unpaired) electrons. The van der Waals surface area contributed by atoms with Gasteiger partial charge in [0.1, 0.15) is 0 Å². The normalized spacial score (nSPS) is 10.2. The maximum atomic E-state index is 5.93. The summed E-state index contributed by atoms with van der Waals surface area (Å²) >= 11 is 5.93. The van der Waals surface area contributed by atoms with Gasteiger partial charge in [-0.05, 0) is 30.2 Å². The number of nitrogens with zero attached hydrogens (tertiary/aromatic N) is 1. The quantitative estimate of drug-likeness (QED) is 0.797. The van der Waals surface area contributed by atoms with Gasteiger partial charge in [0.25, 0.3) is 0 Å². The van der Waals surface area contributed by atoms with Crippen molar-refractivity contribution in [3.05, 3.63) is 48.2 Å². The summed E-state index contributed by atoms with van der Waals surface area (Å²) in [4.78, 5) is 4.32. The Hall–Kier alpha value is -1.74. The number of rotatable bonds is 6. The zero-order chi connectivity index (χ0) is 13.5. The highest BCUT2D eigenvalue weighted by molar-refractivity contribution is 6.17. The molecule has 0 aliphatic rings. The first-order valence-electron chi connectivity index (χ1n) is 6.34. The van der Waals surface area contributed by atoms with Crippen LogP contribution in [0.4, 0.5) is 11.5 Å². The highest BCUT2D eigenvalue weighted by atomic mass is 35.5. The number of anilines is 2. The summed E-state index contributed by atoms with van der Waals surface area (Å²) in [6.07, 6.45) is 2.71. The topological polar surface area (TPSA) is 34.1 Å². The van der Waals surface area contributed by atoms with Gasteiger partial charge in [-0.2, -0.15) is 0 Å². The molecule has 1 N–H and O–H groups in total. The van der Waals surface area contributed by atoms with E-state index in [2.05, 4.69) is 17.2 Å². The summed E-state index contributed by atoms with van der Waals surface area (Å²) in [5.74, 6) is 1.93. The third kappa shape index (κ3) is 3.61. The van der Waals surface area contributed by atoms with Crippen molar-refractivity contribution in [2.24, 2.45) is 0 Å². The summed E-state index contributed by atoms with van der Waals surface area (Å²) in [6.45, 7) is 2.75. The Bertz CT molecular complexity index is 531. The monoisotopic (exact) mass is 276 g/mol. The zero-order valence-electron chi connectivity index (χ0n) is 10.9. The molecule has 0 unspecified atom stereocenters. The predicted octanol–water partition coefficient (Wildman–Crippen LogP) is 4.35. The second kappa shape index (κ2) is 7.00. The third-order valence-corrected chi connectivity index (χ3v) is 2.93. The number of aromatic nitrogens is 1. The van der Waals surface area contributed by atoms with Gasteiger partial charge in [0.15, 0.2) is 11.6 Å². The molecule has 2 aromatic rings. The molecule has 0 aliphatic carbocycles. The molecule has 0 fully saturated rings. The largest absolute Gasteiger partial charge is 0.490 e. The summed E-state index contributed by atoms with van der Waals surface area (Å²) < 4.78 is 5.67. The number of alkyl halides is 1. The summed E-state index contributed by atoms with van der Waals surface area (Å²) in [5, 5.41) is 3.28. The van der Waals surface area contributed by atoms with Crippen LogP contribution in [0, 0.1) is 0 Å². The molecule has 0 bridgehead atoms. The maximum Gasteiger partial charge on any atom is 0.173 e. The molecular weight excluding hydrogens is 260 g/mol. The fourth-order valence-corrected chi connectivity index (χ4v) is 1.93. The molecule has 0 saturated carbocycles. The van der Waals surface area contributed by atoms with Gasteiger partial charge in [-0.25, -0.2) is 4.98 Å². The average Bonchev–Trinajstić information content (AvgIpc) is 2.47.